The normalized spacial score (nSPS) is 19.7. The van der Waals surface area contributed by atoms with E-state index in [1.165, 1.54) is 0 Å². The van der Waals surface area contributed by atoms with Crippen LogP contribution in [0.5, 0.6) is 0 Å². The van der Waals surface area contributed by atoms with E-state index in [0.29, 0.717) is 13.2 Å². The Kier molecular flexibility index (Phi) is 4.96. The van der Waals surface area contributed by atoms with E-state index in [9.17, 15) is 9.59 Å². The van der Waals surface area contributed by atoms with Crippen molar-refractivity contribution in [2.24, 2.45) is 5.92 Å². The summed E-state index contributed by atoms with van der Waals surface area (Å²) in [4.78, 5) is 28.0. The maximum atomic E-state index is 12.5. The van der Waals surface area contributed by atoms with E-state index in [0.717, 1.165) is 5.69 Å². The summed E-state index contributed by atoms with van der Waals surface area (Å²) >= 11 is 0. The molecule has 0 aromatic heterocycles. The van der Waals surface area contributed by atoms with Gasteiger partial charge in [-0.2, -0.15) is 0 Å². The second kappa shape index (κ2) is 6.72. The van der Waals surface area contributed by atoms with E-state index in [1.54, 1.807) is 24.0 Å². The van der Waals surface area contributed by atoms with Crippen LogP contribution in [0, 0.1) is 5.92 Å². The van der Waals surface area contributed by atoms with Crippen molar-refractivity contribution >= 4 is 17.5 Å². The Morgan fingerprint density at radius 1 is 1.43 bits per heavy atom. The third-order valence-corrected chi connectivity index (χ3v) is 3.92. The Balaban J connectivity index is 2.03. The summed E-state index contributed by atoms with van der Waals surface area (Å²) in [5.41, 5.74) is 0.846. The van der Waals surface area contributed by atoms with Crippen LogP contribution >= 0.6 is 0 Å². The Bertz CT molecular complexity index is 504. The minimum absolute atomic E-state index is 0.00216. The Labute approximate surface area is 125 Å². The van der Waals surface area contributed by atoms with E-state index in [1.807, 2.05) is 37.3 Å². The molecule has 5 nitrogen and oxygen atoms in total. The van der Waals surface area contributed by atoms with Crippen LogP contribution in [-0.4, -0.2) is 50.1 Å². The molecule has 2 atom stereocenters. The summed E-state index contributed by atoms with van der Waals surface area (Å²) in [7, 11) is 3.37. The molecule has 0 N–H and O–H groups in total. The van der Waals surface area contributed by atoms with Gasteiger partial charge in [-0.25, -0.2) is 0 Å². The number of anilines is 1. The third kappa shape index (κ3) is 3.42. The molecule has 21 heavy (non-hydrogen) atoms. The molecular formula is C16H22N2O3. The standard InChI is InChI=1S/C16H22N2O3/c1-12(11-21-3)18-10-13(9-15(18)19)16(20)17(2)14-7-5-4-6-8-14/h4-8,12-13H,9-11H2,1-3H3/t12-,13-/m1/s1. The zero-order chi connectivity index (χ0) is 15.4. The fourth-order valence-electron chi connectivity index (χ4n) is 2.71. The highest BCUT2D eigenvalue weighted by molar-refractivity contribution is 5.98. The number of nitrogens with zero attached hydrogens (tertiary/aromatic N) is 2. The molecule has 2 rings (SSSR count). The van der Waals surface area contributed by atoms with Gasteiger partial charge in [0.05, 0.1) is 18.6 Å². The van der Waals surface area contributed by atoms with Crippen molar-refractivity contribution in [3.05, 3.63) is 30.3 Å². The smallest absolute Gasteiger partial charge is 0.232 e. The lowest BCUT2D eigenvalue weighted by Gasteiger charge is -2.25. The van der Waals surface area contributed by atoms with Crippen molar-refractivity contribution in [1.82, 2.24) is 4.90 Å². The molecule has 1 aliphatic heterocycles. The van der Waals surface area contributed by atoms with Crippen LogP contribution in [0.15, 0.2) is 30.3 Å². The molecule has 0 aliphatic carbocycles. The third-order valence-electron chi connectivity index (χ3n) is 3.92. The monoisotopic (exact) mass is 290 g/mol. The van der Waals surface area contributed by atoms with Crippen molar-refractivity contribution in [2.45, 2.75) is 19.4 Å². The van der Waals surface area contributed by atoms with Crippen LogP contribution < -0.4 is 4.90 Å². The van der Waals surface area contributed by atoms with Crippen LogP contribution in [-0.2, 0) is 14.3 Å². The topological polar surface area (TPSA) is 49.9 Å². The fraction of sp³-hybridized carbons (Fsp3) is 0.500. The summed E-state index contributed by atoms with van der Waals surface area (Å²) in [6.45, 7) is 2.90. The number of para-hydroxylation sites is 1. The number of amides is 2. The molecule has 5 heteroatoms. The first-order valence-corrected chi connectivity index (χ1v) is 7.15. The number of hydrogen-bond donors (Lipinski definition) is 0. The molecule has 0 bridgehead atoms. The molecule has 1 fully saturated rings. The van der Waals surface area contributed by atoms with Crippen molar-refractivity contribution in [2.75, 3.05) is 32.2 Å². The molecule has 1 heterocycles. The molecule has 1 aromatic carbocycles. The number of hydrogen-bond acceptors (Lipinski definition) is 3. The predicted molar refractivity (Wildman–Crippen MR) is 81.0 cm³/mol. The molecule has 1 aliphatic rings. The van der Waals surface area contributed by atoms with Gasteiger partial charge in [0.2, 0.25) is 11.8 Å². The van der Waals surface area contributed by atoms with Gasteiger partial charge in [-0.1, -0.05) is 18.2 Å². The SMILES string of the molecule is COC[C@@H](C)N1C[C@H](C(=O)N(C)c2ccccc2)CC1=O. The number of ether oxygens (including phenoxy) is 1. The second-order valence-electron chi connectivity index (χ2n) is 5.48. The van der Waals surface area contributed by atoms with Crippen molar-refractivity contribution in [1.29, 1.82) is 0 Å². The van der Waals surface area contributed by atoms with Gasteiger partial charge in [0.25, 0.3) is 0 Å². The van der Waals surface area contributed by atoms with Crippen LogP contribution in [0.1, 0.15) is 13.3 Å². The summed E-state index contributed by atoms with van der Waals surface area (Å²) in [5, 5.41) is 0. The van der Waals surface area contributed by atoms with Crippen molar-refractivity contribution in [3.8, 4) is 0 Å². The summed E-state index contributed by atoms with van der Waals surface area (Å²) in [6, 6.07) is 9.48. The molecule has 0 radical (unpaired) electrons. The molecular weight excluding hydrogens is 268 g/mol. The average Bonchev–Trinajstić information content (AvgIpc) is 2.89. The number of carbonyl (C=O) groups excluding carboxylic acids is 2. The zero-order valence-corrected chi connectivity index (χ0v) is 12.8. The Hall–Kier alpha value is -1.88. The lowest BCUT2D eigenvalue weighted by Crippen LogP contribution is -2.39. The molecule has 114 valence electrons. The number of carbonyl (C=O) groups is 2. The predicted octanol–water partition coefficient (Wildman–Crippen LogP) is 1.53. The molecule has 1 aromatic rings. The average molecular weight is 290 g/mol. The molecule has 0 unspecified atom stereocenters. The Morgan fingerprint density at radius 3 is 2.71 bits per heavy atom. The van der Waals surface area contributed by atoms with Gasteiger partial charge in [0.1, 0.15) is 0 Å². The highest BCUT2D eigenvalue weighted by Crippen LogP contribution is 2.24. The number of rotatable bonds is 5. The molecule has 0 spiro atoms. The van der Waals surface area contributed by atoms with Gasteiger partial charge < -0.3 is 14.5 Å². The van der Waals surface area contributed by atoms with Gasteiger partial charge in [0, 0.05) is 32.8 Å². The number of methoxy groups -OCH3 is 1. The van der Waals surface area contributed by atoms with Gasteiger partial charge in [-0.05, 0) is 19.1 Å². The van der Waals surface area contributed by atoms with E-state index < -0.39 is 0 Å². The largest absolute Gasteiger partial charge is 0.383 e. The maximum absolute atomic E-state index is 12.5. The summed E-state index contributed by atoms with van der Waals surface area (Å²) < 4.78 is 5.09. The van der Waals surface area contributed by atoms with Crippen LogP contribution in [0.4, 0.5) is 5.69 Å². The van der Waals surface area contributed by atoms with E-state index in [2.05, 4.69) is 0 Å². The molecule has 0 saturated carbocycles. The maximum Gasteiger partial charge on any atom is 0.232 e. The van der Waals surface area contributed by atoms with E-state index in [-0.39, 0.29) is 30.2 Å². The molecule has 2 amide bonds. The van der Waals surface area contributed by atoms with E-state index in [4.69, 9.17) is 4.74 Å². The zero-order valence-electron chi connectivity index (χ0n) is 12.8. The fourth-order valence-corrected chi connectivity index (χ4v) is 2.71. The van der Waals surface area contributed by atoms with Crippen molar-refractivity contribution in [3.63, 3.8) is 0 Å². The van der Waals surface area contributed by atoms with Crippen LogP contribution in [0.3, 0.4) is 0 Å². The van der Waals surface area contributed by atoms with Gasteiger partial charge in [-0.15, -0.1) is 0 Å². The Morgan fingerprint density at radius 2 is 2.10 bits per heavy atom. The second-order valence-corrected chi connectivity index (χ2v) is 5.48. The summed E-state index contributed by atoms with van der Waals surface area (Å²) in [5.74, 6) is -0.261. The highest BCUT2D eigenvalue weighted by Gasteiger charge is 2.37. The van der Waals surface area contributed by atoms with Crippen LogP contribution in [0.25, 0.3) is 0 Å². The summed E-state index contributed by atoms with van der Waals surface area (Å²) in [6.07, 6.45) is 0.282. The minimum Gasteiger partial charge on any atom is -0.383 e. The quantitative estimate of drug-likeness (QED) is 0.826. The first kappa shape index (κ1) is 15.5. The molecule has 1 saturated heterocycles. The minimum atomic E-state index is -0.276. The van der Waals surface area contributed by atoms with Gasteiger partial charge in [0.15, 0.2) is 0 Å². The first-order chi connectivity index (χ1) is 10.0. The van der Waals surface area contributed by atoms with Gasteiger partial charge in [-0.3, -0.25) is 9.59 Å². The van der Waals surface area contributed by atoms with Gasteiger partial charge >= 0.3 is 0 Å². The van der Waals surface area contributed by atoms with E-state index >= 15 is 0 Å². The van der Waals surface area contributed by atoms with Crippen LogP contribution in [0.2, 0.25) is 0 Å². The number of benzene rings is 1. The highest BCUT2D eigenvalue weighted by atomic mass is 16.5. The van der Waals surface area contributed by atoms with Crippen molar-refractivity contribution < 1.29 is 14.3 Å². The lowest BCUT2D eigenvalue weighted by atomic mass is 10.1. The lowest BCUT2D eigenvalue weighted by molar-refractivity contribution is -0.130. The first-order valence-electron chi connectivity index (χ1n) is 7.15. The number of likely N-dealkylation sites (tertiary alicyclic amines) is 1.